The fourth-order valence-corrected chi connectivity index (χ4v) is 5.17. The number of thiophene rings is 1. The van der Waals surface area contributed by atoms with Crippen LogP contribution < -0.4 is 34.0 Å². The zero-order chi connectivity index (χ0) is 48.7. The van der Waals surface area contributed by atoms with Crippen LogP contribution >= 0.6 is 22.9 Å². The predicted octanol–water partition coefficient (Wildman–Crippen LogP) is -1.05. The van der Waals surface area contributed by atoms with Crippen LogP contribution in [0, 0.1) is 0 Å². The molecule has 8 unspecified atom stereocenters. The molecule has 1 saturated heterocycles. The standard InChI is InChI=1S/C9H10ClNO2.C7H15NO3.C7H9NO2S.C5H11NO3S.C5H9NO3.C4H9NO3/c10-7-3-1-6(2-4-7)5-8(11)9(12)13;1-7(2,3)11-4-5(8)6(9)10;8-6(7(9)10)4-5-2-1-3-11-5;1-10(9)3-2-4(6)5(7)8;7-3-1-4(5(8)9)6-2-3;5-3(1-2-6)4(7)8/h1-4,8H,5,11H2,(H,12,13);5H,4,8H2,1-3H3,(H,9,10);1-3,6H,4,8H2,(H,9,10);4H,2-3,6H2,1H3,(H,7,8);3-4,6-7H,1-2H2,(H,8,9);3,6H,1-2,5H2,(H,7,8). The second-order valence-corrected chi connectivity index (χ2v) is 17.1. The van der Waals surface area contributed by atoms with E-state index in [2.05, 4.69) is 5.32 Å². The Morgan fingerprint density at radius 3 is 1.58 bits per heavy atom. The summed E-state index contributed by atoms with van der Waals surface area (Å²) >= 11 is 7.19. The molecule has 0 saturated carbocycles. The van der Waals surface area contributed by atoms with Crippen LogP contribution in [-0.4, -0.2) is 161 Å². The van der Waals surface area contributed by atoms with Crippen molar-refractivity contribution in [1.82, 2.24) is 5.32 Å². The summed E-state index contributed by atoms with van der Waals surface area (Å²) in [6.07, 6.45) is 2.52. The molecule has 2 heterocycles. The van der Waals surface area contributed by atoms with Crippen LogP contribution in [0.15, 0.2) is 41.8 Å². The summed E-state index contributed by atoms with van der Waals surface area (Å²) in [5, 5.41) is 72.2. The number of nitrogens with one attached hydrogen (secondary N) is 1. The van der Waals surface area contributed by atoms with Crippen LogP contribution in [0.2, 0.25) is 5.02 Å². The number of carbonyl (C=O) groups is 6. The van der Waals surface area contributed by atoms with Gasteiger partial charge in [0.2, 0.25) is 0 Å². The molecule has 1 aliphatic rings. The summed E-state index contributed by atoms with van der Waals surface area (Å²) in [6, 6.07) is 5.86. The maximum absolute atomic E-state index is 10.4. The number of aliphatic carboxylic acids is 6. The lowest BCUT2D eigenvalue weighted by atomic mass is 10.1. The number of carboxylic acids is 6. The summed E-state index contributed by atoms with van der Waals surface area (Å²) in [6.45, 7) is 5.83. The van der Waals surface area contributed by atoms with E-state index in [9.17, 15) is 33.0 Å². The highest BCUT2D eigenvalue weighted by Crippen LogP contribution is 2.11. The number of ether oxygens (including phenoxy) is 1. The first-order chi connectivity index (χ1) is 28.5. The van der Waals surface area contributed by atoms with Gasteiger partial charge in [-0.15, -0.1) is 11.3 Å². The lowest BCUT2D eigenvalue weighted by Crippen LogP contribution is -2.37. The van der Waals surface area contributed by atoms with Crippen LogP contribution in [0.3, 0.4) is 0 Å². The maximum atomic E-state index is 10.4. The predicted molar refractivity (Wildman–Crippen MR) is 232 cm³/mol. The number of aliphatic hydroxyl groups is 2. The molecule has 19 N–H and O–H groups in total. The molecule has 8 atom stereocenters. The average Bonchev–Trinajstić information content (AvgIpc) is 3.86. The molecule has 62 heavy (non-hydrogen) atoms. The van der Waals surface area contributed by atoms with Crippen LogP contribution in [0.1, 0.15) is 50.5 Å². The fourth-order valence-electron chi connectivity index (χ4n) is 3.69. The molecular formula is C37H63ClN6O16S2. The van der Waals surface area contributed by atoms with E-state index in [4.69, 9.17) is 85.9 Å². The van der Waals surface area contributed by atoms with Gasteiger partial charge in [0.05, 0.1) is 18.3 Å². The highest BCUT2D eigenvalue weighted by molar-refractivity contribution is 7.84. The van der Waals surface area contributed by atoms with Gasteiger partial charge in [0.25, 0.3) is 0 Å². The molecular weight excluding hydrogens is 884 g/mol. The molecule has 1 aromatic heterocycles. The van der Waals surface area contributed by atoms with E-state index in [1.807, 2.05) is 38.3 Å². The third-order valence-electron chi connectivity index (χ3n) is 7.21. The van der Waals surface area contributed by atoms with E-state index < -0.39 is 89.0 Å². The second kappa shape index (κ2) is 34.3. The Bertz CT molecular complexity index is 1620. The number of rotatable bonds is 17. The van der Waals surface area contributed by atoms with Gasteiger partial charge in [-0.1, -0.05) is 29.8 Å². The van der Waals surface area contributed by atoms with Crippen molar-refractivity contribution in [2.45, 2.75) is 101 Å². The first-order valence-corrected chi connectivity index (χ1v) is 21.4. The normalized spacial score (nSPS) is 16.8. The Morgan fingerprint density at radius 2 is 1.26 bits per heavy atom. The van der Waals surface area contributed by atoms with Crippen LogP contribution in [-0.2, 0) is 57.1 Å². The van der Waals surface area contributed by atoms with E-state index in [0.29, 0.717) is 36.6 Å². The van der Waals surface area contributed by atoms with Gasteiger partial charge in [-0.05, 0) is 69.2 Å². The molecule has 3 rings (SSSR count). The summed E-state index contributed by atoms with van der Waals surface area (Å²) in [5.74, 6) is -5.60. The number of hydrogen-bond acceptors (Lipinski definition) is 17. The van der Waals surface area contributed by atoms with Gasteiger partial charge in [-0.25, -0.2) is 0 Å². The van der Waals surface area contributed by atoms with Crippen molar-refractivity contribution in [2.75, 3.05) is 31.8 Å². The minimum Gasteiger partial charge on any atom is -0.480 e. The van der Waals surface area contributed by atoms with E-state index in [-0.39, 0.29) is 31.7 Å². The molecule has 0 spiro atoms. The van der Waals surface area contributed by atoms with Crippen LogP contribution in [0.25, 0.3) is 0 Å². The number of β-amino-alcohol motifs (C(OH)–C–C–N with tert-alkyl or cyclic N) is 1. The molecule has 1 fully saturated rings. The van der Waals surface area contributed by atoms with Gasteiger partial charge >= 0.3 is 35.8 Å². The Morgan fingerprint density at radius 1 is 0.790 bits per heavy atom. The zero-order valence-electron chi connectivity index (χ0n) is 34.9. The van der Waals surface area contributed by atoms with Gasteiger partial charge in [0.1, 0.15) is 36.3 Å². The summed E-state index contributed by atoms with van der Waals surface area (Å²) in [5.41, 5.74) is 26.5. The van der Waals surface area contributed by atoms with Crippen molar-refractivity contribution in [3.63, 3.8) is 0 Å². The topological polar surface area (TPSA) is 433 Å². The summed E-state index contributed by atoms with van der Waals surface area (Å²) in [4.78, 5) is 62.1. The lowest BCUT2D eigenvalue weighted by molar-refractivity contribution is -0.142. The van der Waals surface area contributed by atoms with Crippen molar-refractivity contribution in [1.29, 1.82) is 0 Å². The highest BCUT2D eigenvalue weighted by Gasteiger charge is 2.27. The van der Waals surface area contributed by atoms with Gasteiger partial charge in [0, 0.05) is 58.7 Å². The molecule has 0 bridgehead atoms. The second-order valence-electron chi connectivity index (χ2n) is 14.0. The average molecular weight is 948 g/mol. The number of nitrogens with two attached hydrogens (primary N) is 5. The van der Waals surface area contributed by atoms with Crippen molar-refractivity contribution in [3.8, 4) is 0 Å². The molecule has 0 aliphatic carbocycles. The van der Waals surface area contributed by atoms with Crippen LogP contribution in [0.5, 0.6) is 0 Å². The van der Waals surface area contributed by atoms with Crippen molar-refractivity contribution >= 4 is 69.6 Å². The van der Waals surface area contributed by atoms with E-state index in [0.717, 1.165) is 10.4 Å². The summed E-state index contributed by atoms with van der Waals surface area (Å²) in [7, 11) is -0.946. The number of aliphatic hydroxyl groups excluding tert-OH is 2. The smallest absolute Gasteiger partial charge is 0.322 e. The molecule has 0 amide bonds. The van der Waals surface area contributed by atoms with Gasteiger partial charge in [-0.2, -0.15) is 0 Å². The number of halogens is 1. The van der Waals surface area contributed by atoms with Crippen molar-refractivity contribution < 1.29 is 78.6 Å². The van der Waals surface area contributed by atoms with Gasteiger partial charge in [-0.3, -0.25) is 33.0 Å². The Labute approximate surface area is 370 Å². The molecule has 1 aliphatic heterocycles. The zero-order valence-corrected chi connectivity index (χ0v) is 37.3. The lowest BCUT2D eigenvalue weighted by Gasteiger charge is -2.20. The minimum absolute atomic E-state index is 0.0544. The SMILES string of the molecule is CC(C)(C)OCC(N)C(=O)O.CS(=O)CCC(N)C(=O)O.NC(CCO)C(=O)O.NC(Cc1ccc(Cl)cc1)C(=O)O.NC(Cc1cccs1)C(=O)O.O=C(O)C1CC(O)CN1. The first-order valence-electron chi connectivity index (χ1n) is 18.4. The third kappa shape index (κ3) is 36.5. The van der Waals surface area contributed by atoms with Gasteiger partial charge < -0.3 is 79.6 Å². The summed E-state index contributed by atoms with van der Waals surface area (Å²) < 4.78 is 15.6. The van der Waals surface area contributed by atoms with E-state index >= 15 is 0 Å². The Hall–Kier alpha value is -4.18. The quantitative estimate of drug-likeness (QED) is 0.0900. The third-order valence-corrected chi connectivity index (χ3v) is 9.18. The molecule has 22 nitrogen and oxygen atoms in total. The van der Waals surface area contributed by atoms with Crippen molar-refractivity contribution in [3.05, 3.63) is 57.2 Å². The number of benzene rings is 1. The largest absolute Gasteiger partial charge is 0.480 e. The van der Waals surface area contributed by atoms with E-state index in [1.54, 1.807) is 24.3 Å². The van der Waals surface area contributed by atoms with Gasteiger partial charge in [0.15, 0.2) is 0 Å². The molecule has 1 aromatic carbocycles. The molecule has 2 aromatic rings. The Balaban J connectivity index is -0.000000678. The molecule has 0 radical (unpaired) electrons. The minimum atomic E-state index is -1.07. The first kappa shape index (κ1) is 62.1. The fraction of sp³-hybridized carbons (Fsp3) is 0.568. The monoisotopic (exact) mass is 946 g/mol. The molecule has 356 valence electrons. The number of carboxylic acid groups (broad SMARTS) is 6. The Kier molecular flexibility index (Phi) is 34.4. The van der Waals surface area contributed by atoms with Crippen molar-refractivity contribution in [2.24, 2.45) is 28.7 Å². The highest BCUT2D eigenvalue weighted by atomic mass is 35.5. The van der Waals surface area contributed by atoms with Crippen LogP contribution in [0.4, 0.5) is 0 Å². The number of hydrogen-bond donors (Lipinski definition) is 14. The molecule has 25 heteroatoms. The van der Waals surface area contributed by atoms with E-state index in [1.165, 1.54) is 17.6 Å². The maximum Gasteiger partial charge on any atom is 0.322 e.